The minimum atomic E-state index is -0.929. The Labute approximate surface area is 119 Å². The number of nitrogens with zero attached hydrogens (tertiary/aromatic N) is 1. The zero-order chi connectivity index (χ0) is 14.4. The molecule has 1 aliphatic heterocycles. The highest BCUT2D eigenvalue weighted by Crippen LogP contribution is 2.19. The van der Waals surface area contributed by atoms with Crippen LogP contribution in [0.4, 0.5) is 0 Å². The van der Waals surface area contributed by atoms with Crippen molar-refractivity contribution in [3.8, 4) is 0 Å². The zero-order valence-corrected chi connectivity index (χ0v) is 11.5. The van der Waals surface area contributed by atoms with Gasteiger partial charge in [0.05, 0.1) is 0 Å². The van der Waals surface area contributed by atoms with Gasteiger partial charge >= 0.3 is 5.97 Å². The van der Waals surface area contributed by atoms with Crippen LogP contribution in [0, 0.1) is 5.92 Å². The molecule has 1 aromatic rings. The number of aliphatic carboxylic acids is 1. The van der Waals surface area contributed by atoms with Crippen LogP contribution in [0.1, 0.15) is 24.0 Å². The fourth-order valence-corrected chi connectivity index (χ4v) is 2.55. The minimum Gasteiger partial charge on any atom is -0.478 e. The Bertz CT molecular complexity index is 476. The number of carboxylic acid groups (broad SMARTS) is 1. The fraction of sp³-hybridized carbons (Fsp3) is 0.438. The molecule has 1 aliphatic rings. The van der Waals surface area contributed by atoms with E-state index >= 15 is 0 Å². The third-order valence-electron chi connectivity index (χ3n) is 3.74. The van der Waals surface area contributed by atoms with E-state index in [1.807, 2.05) is 18.2 Å². The van der Waals surface area contributed by atoms with Crippen molar-refractivity contribution in [2.45, 2.75) is 19.4 Å². The normalized spacial score (nSPS) is 17.6. The summed E-state index contributed by atoms with van der Waals surface area (Å²) in [7, 11) is 0. The van der Waals surface area contributed by atoms with Crippen LogP contribution < -0.4 is 0 Å². The largest absolute Gasteiger partial charge is 0.478 e. The highest BCUT2D eigenvalue weighted by molar-refractivity contribution is 5.85. The smallest absolute Gasteiger partial charge is 0.328 e. The van der Waals surface area contributed by atoms with Gasteiger partial charge in [0.15, 0.2) is 0 Å². The fourth-order valence-electron chi connectivity index (χ4n) is 2.55. The van der Waals surface area contributed by atoms with Crippen molar-refractivity contribution < 1.29 is 15.0 Å². The van der Waals surface area contributed by atoms with E-state index in [1.54, 1.807) is 6.08 Å². The zero-order valence-electron chi connectivity index (χ0n) is 11.5. The van der Waals surface area contributed by atoms with Gasteiger partial charge in [0.2, 0.25) is 0 Å². The van der Waals surface area contributed by atoms with Crippen LogP contribution in [-0.2, 0) is 11.3 Å². The SMILES string of the molecule is O=C(O)C=Cc1cccc(CN2CCC(CO)CC2)c1. The third-order valence-corrected chi connectivity index (χ3v) is 3.74. The van der Waals surface area contributed by atoms with Gasteiger partial charge in [-0.3, -0.25) is 4.90 Å². The monoisotopic (exact) mass is 275 g/mol. The topological polar surface area (TPSA) is 60.8 Å². The molecule has 0 bridgehead atoms. The molecule has 1 heterocycles. The van der Waals surface area contributed by atoms with E-state index in [-0.39, 0.29) is 0 Å². The molecule has 1 saturated heterocycles. The van der Waals surface area contributed by atoms with Crippen LogP contribution in [0.2, 0.25) is 0 Å². The molecule has 1 aromatic carbocycles. The van der Waals surface area contributed by atoms with Gasteiger partial charge in [-0.15, -0.1) is 0 Å². The van der Waals surface area contributed by atoms with Gasteiger partial charge < -0.3 is 10.2 Å². The molecule has 0 atom stereocenters. The molecule has 2 N–H and O–H groups in total. The van der Waals surface area contributed by atoms with Gasteiger partial charge in [0, 0.05) is 19.2 Å². The lowest BCUT2D eigenvalue weighted by Gasteiger charge is -2.31. The van der Waals surface area contributed by atoms with E-state index in [0.717, 1.165) is 44.1 Å². The summed E-state index contributed by atoms with van der Waals surface area (Å²) in [6.45, 7) is 3.21. The number of carboxylic acids is 1. The highest BCUT2D eigenvalue weighted by atomic mass is 16.4. The molecule has 4 heteroatoms. The van der Waals surface area contributed by atoms with E-state index in [4.69, 9.17) is 10.2 Å². The maximum Gasteiger partial charge on any atom is 0.328 e. The van der Waals surface area contributed by atoms with Gasteiger partial charge in [0.25, 0.3) is 0 Å². The number of aliphatic hydroxyl groups excluding tert-OH is 1. The van der Waals surface area contributed by atoms with Crippen molar-refractivity contribution in [3.05, 3.63) is 41.5 Å². The molecule has 0 spiro atoms. The molecule has 1 fully saturated rings. The molecule has 0 saturated carbocycles. The summed E-state index contributed by atoms with van der Waals surface area (Å²) >= 11 is 0. The number of benzene rings is 1. The van der Waals surface area contributed by atoms with Crippen LogP contribution in [-0.4, -0.2) is 40.8 Å². The minimum absolute atomic E-state index is 0.295. The van der Waals surface area contributed by atoms with Crippen molar-refractivity contribution in [3.63, 3.8) is 0 Å². The van der Waals surface area contributed by atoms with E-state index < -0.39 is 5.97 Å². The van der Waals surface area contributed by atoms with Crippen LogP contribution in [0.15, 0.2) is 30.3 Å². The average molecular weight is 275 g/mol. The second kappa shape index (κ2) is 7.22. The molecule has 4 nitrogen and oxygen atoms in total. The molecule has 0 aromatic heterocycles. The summed E-state index contributed by atoms with van der Waals surface area (Å²) in [6, 6.07) is 7.95. The lowest BCUT2D eigenvalue weighted by Crippen LogP contribution is -2.34. The Morgan fingerprint density at radius 1 is 1.35 bits per heavy atom. The van der Waals surface area contributed by atoms with Gasteiger partial charge in [-0.1, -0.05) is 24.3 Å². The van der Waals surface area contributed by atoms with E-state index in [9.17, 15) is 4.79 Å². The first-order valence-electron chi connectivity index (χ1n) is 7.00. The second-order valence-corrected chi connectivity index (χ2v) is 5.32. The molecule has 108 valence electrons. The molecule has 0 unspecified atom stereocenters. The summed E-state index contributed by atoms with van der Waals surface area (Å²) in [6.07, 6.45) is 4.87. The van der Waals surface area contributed by atoms with E-state index in [1.165, 1.54) is 5.56 Å². The Balaban J connectivity index is 1.93. The number of hydrogen-bond donors (Lipinski definition) is 2. The van der Waals surface area contributed by atoms with Crippen molar-refractivity contribution in [1.29, 1.82) is 0 Å². The Morgan fingerprint density at radius 3 is 2.75 bits per heavy atom. The maximum atomic E-state index is 10.5. The van der Waals surface area contributed by atoms with Crippen LogP contribution >= 0.6 is 0 Å². The van der Waals surface area contributed by atoms with E-state index in [2.05, 4.69) is 11.0 Å². The average Bonchev–Trinajstić information content (AvgIpc) is 2.46. The van der Waals surface area contributed by atoms with Crippen molar-refractivity contribution in [1.82, 2.24) is 4.90 Å². The molecule has 0 radical (unpaired) electrons. The number of carbonyl (C=O) groups is 1. The molecule has 2 rings (SSSR count). The van der Waals surface area contributed by atoms with Crippen molar-refractivity contribution >= 4 is 12.0 Å². The number of piperidine rings is 1. The quantitative estimate of drug-likeness (QED) is 0.807. The Morgan fingerprint density at radius 2 is 2.10 bits per heavy atom. The van der Waals surface area contributed by atoms with Crippen LogP contribution in [0.3, 0.4) is 0 Å². The summed E-state index contributed by atoms with van der Waals surface area (Å²) < 4.78 is 0. The van der Waals surface area contributed by atoms with E-state index in [0.29, 0.717) is 12.5 Å². The standard InChI is InChI=1S/C16H21NO3/c18-12-14-6-8-17(9-7-14)11-15-3-1-2-13(10-15)4-5-16(19)20/h1-5,10,14,18H,6-9,11-12H2,(H,19,20). The Kier molecular flexibility index (Phi) is 5.32. The second-order valence-electron chi connectivity index (χ2n) is 5.32. The first-order valence-corrected chi connectivity index (χ1v) is 7.00. The predicted molar refractivity (Wildman–Crippen MR) is 78.2 cm³/mol. The number of aliphatic hydroxyl groups is 1. The van der Waals surface area contributed by atoms with Crippen LogP contribution in [0.5, 0.6) is 0 Å². The number of rotatable bonds is 5. The highest BCUT2D eigenvalue weighted by Gasteiger charge is 2.18. The summed E-state index contributed by atoms with van der Waals surface area (Å²) in [4.78, 5) is 12.9. The lowest BCUT2D eigenvalue weighted by molar-refractivity contribution is -0.131. The molecular weight excluding hydrogens is 254 g/mol. The number of hydrogen-bond acceptors (Lipinski definition) is 3. The molecular formula is C16H21NO3. The first-order chi connectivity index (χ1) is 9.67. The molecule has 20 heavy (non-hydrogen) atoms. The lowest BCUT2D eigenvalue weighted by atomic mass is 9.97. The predicted octanol–water partition coefficient (Wildman–Crippen LogP) is 1.99. The van der Waals surface area contributed by atoms with Crippen molar-refractivity contribution in [2.24, 2.45) is 5.92 Å². The van der Waals surface area contributed by atoms with Gasteiger partial charge in [-0.2, -0.15) is 0 Å². The first kappa shape index (κ1) is 14.8. The maximum absolute atomic E-state index is 10.5. The molecule has 0 amide bonds. The van der Waals surface area contributed by atoms with Crippen molar-refractivity contribution in [2.75, 3.05) is 19.7 Å². The third kappa shape index (κ3) is 4.47. The summed E-state index contributed by atoms with van der Waals surface area (Å²) in [5.41, 5.74) is 2.11. The molecule has 0 aliphatic carbocycles. The number of likely N-dealkylation sites (tertiary alicyclic amines) is 1. The van der Waals surface area contributed by atoms with Gasteiger partial charge in [0.1, 0.15) is 0 Å². The summed E-state index contributed by atoms with van der Waals surface area (Å²) in [5, 5.41) is 17.8. The van der Waals surface area contributed by atoms with Gasteiger partial charge in [-0.05, 0) is 49.1 Å². The summed E-state index contributed by atoms with van der Waals surface area (Å²) in [5.74, 6) is -0.474. The van der Waals surface area contributed by atoms with Gasteiger partial charge in [-0.25, -0.2) is 4.79 Å². The van der Waals surface area contributed by atoms with Crippen LogP contribution in [0.25, 0.3) is 6.08 Å². The Hall–Kier alpha value is -1.65.